The first-order chi connectivity index (χ1) is 9.33. The summed E-state index contributed by atoms with van der Waals surface area (Å²) >= 11 is 0. The van der Waals surface area contributed by atoms with Crippen LogP contribution in [0.25, 0.3) is 0 Å². The molecule has 1 aromatic carbocycles. The lowest BCUT2D eigenvalue weighted by Crippen LogP contribution is -2.29. The molecule has 3 nitrogen and oxygen atoms in total. The van der Waals surface area contributed by atoms with E-state index >= 15 is 0 Å². The normalized spacial score (nSPS) is 12.5. The molecule has 0 saturated heterocycles. The Morgan fingerprint density at radius 2 is 2.05 bits per heavy atom. The van der Waals surface area contributed by atoms with E-state index in [1.165, 1.54) is 11.4 Å². The van der Waals surface area contributed by atoms with E-state index in [4.69, 9.17) is 0 Å². The molecule has 1 N–H and O–H groups in total. The van der Waals surface area contributed by atoms with Gasteiger partial charge in [0.25, 0.3) is 0 Å². The second kappa shape index (κ2) is 7.10. The van der Waals surface area contributed by atoms with Gasteiger partial charge in [-0.15, -0.1) is 0 Å². The zero-order valence-electron chi connectivity index (χ0n) is 11.8. The van der Waals surface area contributed by atoms with Crippen molar-refractivity contribution in [2.24, 2.45) is 0 Å². The lowest BCUT2D eigenvalue weighted by atomic mass is 10.0. The third-order valence-corrected chi connectivity index (χ3v) is 3.60. The number of rotatable bonds is 7. The standard InChI is InChI=1S/C16H23N3/c1-3-19-12-11-18-16(19)13-15(17-2)10-9-14-7-5-4-6-8-14/h4-8,11-12,15,17H,3,9-10,13H2,1-2H3. The van der Waals surface area contributed by atoms with Gasteiger partial charge in [-0.05, 0) is 32.4 Å². The Bertz CT molecular complexity index is 476. The van der Waals surface area contributed by atoms with Crippen molar-refractivity contribution in [1.29, 1.82) is 0 Å². The van der Waals surface area contributed by atoms with Crippen molar-refractivity contribution in [3.63, 3.8) is 0 Å². The summed E-state index contributed by atoms with van der Waals surface area (Å²) in [5.41, 5.74) is 1.40. The van der Waals surface area contributed by atoms with Crippen LogP contribution in [0.4, 0.5) is 0 Å². The molecule has 3 heteroatoms. The number of imidazole rings is 1. The van der Waals surface area contributed by atoms with E-state index in [2.05, 4.69) is 58.3 Å². The highest BCUT2D eigenvalue weighted by Crippen LogP contribution is 2.09. The molecule has 2 rings (SSSR count). The van der Waals surface area contributed by atoms with Crippen LogP contribution in [0.3, 0.4) is 0 Å². The van der Waals surface area contributed by atoms with E-state index in [0.717, 1.165) is 25.8 Å². The molecule has 0 radical (unpaired) electrons. The van der Waals surface area contributed by atoms with Crippen LogP contribution in [-0.2, 0) is 19.4 Å². The van der Waals surface area contributed by atoms with Crippen LogP contribution in [-0.4, -0.2) is 22.6 Å². The first-order valence-electron chi connectivity index (χ1n) is 7.04. The number of hydrogen-bond donors (Lipinski definition) is 1. The van der Waals surface area contributed by atoms with Crippen molar-refractivity contribution < 1.29 is 0 Å². The Labute approximate surface area is 115 Å². The summed E-state index contributed by atoms with van der Waals surface area (Å²) in [5.74, 6) is 1.18. The molecule has 0 aliphatic rings. The number of nitrogens with zero attached hydrogens (tertiary/aromatic N) is 2. The molecular weight excluding hydrogens is 234 g/mol. The Kier molecular flexibility index (Phi) is 5.16. The van der Waals surface area contributed by atoms with E-state index in [0.29, 0.717) is 6.04 Å². The quantitative estimate of drug-likeness (QED) is 0.826. The number of aryl methyl sites for hydroxylation is 2. The number of benzene rings is 1. The highest BCUT2D eigenvalue weighted by molar-refractivity contribution is 5.14. The number of nitrogens with one attached hydrogen (secondary N) is 1. The minimum Gasteiger partial charge on any atom is -0.335 e. The van der Waals surface area contributed by atoms with Crippen LogP contribution in [0.2, 0.25) is 0 Å². The van der Waals surface area contributed by atoms with Crippen molar-refractivity contribution in [1.82, 2.24) is 14.9 Å². The lowest BCUT2D eigenvalue weighted by Gasteiger charge is -2.16. The molecule has 1 atom stereocenters. The van der Waals surface area contributed by atoms with E-state index in [1.807, 2.05) is 13.2 Å². The molecule has 0 amide bonds. The number of hydrogen-bond acceptors (Lipinski definition) is 2. The maximum Gasteiger partial charge on any atom is 0.110 e. The van der Waals surface area contributed by atoms with E-state index in [9.17, 15) is 0 Å². The fourth-order valence-electron chi connectivity index (χ4n) is 2.37. The second-order valence-electron chi connectivity index (χ2n) is 4.84. The first-order valence-corrected chi connectivity index (χ1v) is 7.04. The van der Waals surface area contributed by atoms with Gasteiger partial charge in [0.2, 0.25) is 0 Å². The molecule has 1 aromatic heterocycles. The summed E-state index contributed by atoms with van der Waals surface area (Å²) in [4.78, 5) is 4.45. The van der Waals surface area contributed by atoms with Gasteiger partial charge in [-0.3, -0.25) is 0 Å². The maximum absolute atomic E-state index is 4.45. The van der Waals surface area contributed by atoms with Crippen molar-refractivity contribution in [2.45, 2.75) is 38.8 Å². The van der Waals surface area contributed by atoms with Crippen molar-refractivity contribution in [3.8, 4) is 0 Å². The summed E-state index contributed by atoms with van der Waals surface area (Å²) in [6.45, 7) is 3.15. The van der Waals surface area contributed by atoms with Crippen LogP contribution in [0.5, 0.6) is 0 Å². The SMILES string of the molecule is CCn1ccnc1CC(CCc1ccccc1)NC. The monoisotopic (exact) mass is 257 g/mol. The molecule has 19 heavy (non-hydrogen) atoms. The van der Waals surface area contributed by atoms with Crippen LogP contribution in [0.1, 0.15) is 24.7 Å². The average Bonchev–Trinajstić information content (AvgIpc) is 2.91. The Morgan fingerprint density at radius 3 is 2.74 bits per heavy atom. The molecule has 1 unspecified atom stereocenters. The molecule has 0 fully saturated rings. The minimum atomic E-state index is 0.480. The molecule has 2 aromatic rings. The molecule has 0 aliphatic carbocycles. The predicted octanol–water partition coefficient (Wildman–Crippen LogP) is 2.67. The van der Waals surface area contributed by atoms with Gasteiger partial charge in [0.1, 0.15) is 5.82 Å². The van der Waals surface area contributed by atoms with Gasteiger partial charge in [-0.25, -0.2) is 4.98 Å². The maximum atomic E-state index is 4.45. The number of likely N-dealkylation sites (N-methyl/N-ethyl adjacent to an activating group) is 1. The third-order valence-electron chi connectivity index (χ3n) is 3.60. The summed E-state index contributed by atoms with van der Waals surface area (Å²) in [6, 6.07) is 11.1. The summed E-state index contributed by atoms with van der Waals surface area (Å²) < 4.78 is 2.22. The van der Waals surface area contributed by atoms with E-state index < -0.39 is 0 Å². The average molecular weight is 257 g/mol. The lowest BCUT2D eigenvalue weighted by molar-refractivity contribution is 0.497. The van der Waals surface area contributed by atoms with Crippen molar-refractivity contribution in [2.75, 3.05) is 7.05 Å². The molecule has 0 spiro atoms. The van der Waals surface area contributed by atoms with Gasteiger partial charge in [0.05, 0.1) is 0 Å². The van der Waals surface area contributed by atoms with Gasteiger partial charge >= 0.3 is 0 Å². The molecular formula is C16H23N3. The van der Waals surface area contributed by atoms with Crippen LogP contribution in [0, 0.1) is 0 Å². The smallest absolute Gasteiger partial charge is 0.110 e. The van der Waals surface area contributed by atoms with Gasteiger partial charge in [-0.2, -0.15) is 0 Å². The molecule has 0 bridgehead atoms. The van der Waals surface area contributed by atoms with Crippen LogP contribution >= 0.6 is 0 Å². The van der Waals surface area contributed by atoms with E-state index in [1.54, 1.807) is 0 Å². The van der Waals surface area contributed by atoms with Crippen molar-refractivity contribution in [3.05, 3.63) is 54.1 Å². The van der Waals surface area contributed by atoms with Gasteiger partial charge in [0, 0.05) is 31.4 Å². The topological polar surface area (TPSA) is 29.9 Å². The van der Waals surface area contributed by atoms with Gasteiger partial charge < -0.3 is 9.88 Å². The Balaban J connectivity index is 1.90. The number of aromatic nitrogens is 2. The highest BCUT2D eigenvalue weighted by Gasteiger charge is 2.11. The molecule has 1 heterocycles. The predicted molar refractivity (Wildman–Crippen MR) is 79.2 cm³/mol. The van der Waals surface area contributed by atoms with Crippen LogP contribution < -0.4 is 5.32 Å². The van der Waals surface area contributed by atoms with Crippen molar-refractivity contribution >= 4 is 0 Å². The van der Waals surface area contributed by atoms with Gasteiger partial charge in [-0.1, -0.05) is 30.3 Å². The van der Waals surface area contributed by atoms with Crippen LogP contribution in [0.15, 0.2) is 42.7 Å². The summed E-state index contributed by atoms with van der Waals surface area (Å²) in [5, 5.41) is 3.41. The molecule has 0 saturated carbocycles. The summed E-state index contributed by atoms with van der Waals surface area (Å²) in [6.07, 6.45) is 7.18. The second-order valence-corrected chi connectivity index (χ2v) is 4.84. The Hall–Kier alpha value is -1.61. The molecule has 102 valence electrons. The zero-order valence-corrected chi connectivity index (χ0v) is 11.8. The Morgan fingerprint density at radius 1 is 1.26 bits per heavy atom. The fraction of sp³-hybridized carbons (Fsp3) is 0.438. The first kappa shape index (κ1) is 13.8. The minimum absolute atomic E-state index is 0.480. The zero-order chi connectivity index (χ0) is 13.5. The van der Waals surface area contributed by atoms with Gasteiger partial charge in [0.15, 0.2) is 0 Å². The third kappa shape index (κ3) is 3.93. The fourth-order valence-corrected chi connectivity index (χ4v) is 2.37. The van der Waals surface area contributed by atoms with E-state index in [-0.39, 0.29) is 0 Å². The molecule has 0 aliphatic heterocycles. The largest absolute Gasteiger partial charge is 0.335 e. The highest BCUT2D eigenvalue weighted by atomic mass is 15.1. The summed E-state index contributed by atoms with van der Waals surface area (Å²) in [7, 11) is 2.04.